The highest BCUT2D eigenvalue weighted by atomic mass is 15.2. The van der Waals surface area contributed by atoms with Crippen molar-refractivity contribution in [1.82, 2.24) is 89.7 Å². The van der Waals surface area contributed by atoms with Crippen LogP contribution >= 0.6 is 0 Å². The van der Waals surface area contributed by atoms with Crippen molar-refractivity contribution in [2.75, 3.05) is 53.2 Å². The lowest BCUT2D eigenvalue weighted by atomic mass is 10.0. The van der Waals surface area contributed by atoms with Crippen LogP contribution in [0, 0.1) is 222 Å². The minimum absolute atomic E-state index is 0.497. The van der Waals surface area contributed by atoms with Gasteiger partial charge in [-0.2, -0.15) is 34.9 Å². The Labute approximate surface area is 838 Å². The van der Waals surface area contributed by atoms with E-state index in [-0.39, 0.29) is 0 Å². The highest BCUT2D eigenvalue weighted by Gasteiger charge is 2.21. The van der Waals surface area contributed by atoms with E-state index in [0.717, 1.165) is 198 Å². The summed E-state index contributed by atoms with van der Waals surface area (Å²) in [7, 11) is 0. The SMILES string of the molecule is CC.CC.Cc1cc(Nc2nc(Nc3ccc(C)c(C)c3C)c3cc[nH]c3n2)c(C)c(C)n1.Cc1cc(Nc2nc(Nc3ccc(C)c(C)c3C)nc3[nH]ccc23)c(C)c(C)n1.Cc1cc(Nc2nc(Nc3ccc(C)c(C)c3C)ncc2C)c(C)c(C)n1.Cc1cc(Nc2ncc(C)c(Nc3ccc(C)c(C)c3C)n2)c(C)c(C)n1.Cc1cc(Nc2ncnc(Nc3ccc(C)c(C)c3C)n2)c(C)c(C)n1. The molecule has 17 aromatic rings. The van der Waals surface area contributed by atoms with Crippen LogP contribution in [0.5, 0.6) is 0 Å². The second-order valence-electron chi connectivity index (χ2n) is 36.1. The molecule has 0 radical (unpaired) electrons. The van der Waals surface area contributed by atoms with E-state index < -0.39 is 0 Å². The van der Waals surface area contributed by atoms with Crippen LogP contribution in [0.2, 0.25) is 0 Å². The summed E-state index contributed by atoms with van der Waals surface area (Å²) in [6.07, 6.45) is 8.94. The van der Waals surface area contributed by atoms with Crippen LogP contribution in [0.25, 0.3) is 22.1 Å². The van der Waals surface area contributed by atoms with E-state index in [0.29, 0.717) is 35.7 Å². The van der Waals surface area contributed by atoms with Gasteiger partial charge in [-0.15, -0.1) is 0 Å². The number of rotatable bonds is 20. The summed E-state index contributed by atoms with van der Waals surface area (Å²) in [5.74, 6) is 6.36. The Hall–Kier alpha value is -15.7. The largest absolute Gasteiger partial charge is 0.346 e. The van der Waals surface area contributed by atoms with Crippen LogP contribution < -0.4 is 53.2 Å². The van der Waals surface area contributed by atoms with Gasteiger partial charge in [0, 0.05) is 150 Å². The molecule has 28 heteroatoms. The summed E-state index contributed by atoms with van der Waals surface area (Å²) in [4.78, 5) is 79.1. The molecule has 12 aromatic heterocycles. The molecule has 28 nitrogen and oxygen atoms in total. The molecule has 0 saturated carbocycles. The van der Waals surface area contributed by atoms with E-state index in [1.165, 1.54) is 89.8 Å². The first-order valence-electron chi connectivity index (χ1n) is 48.4. The van der Waals surface area contributed by atoms with E-state index in [2.05, 4.69) is 309 Å². The smallest absolute Gasteiger partial charge is 0.232 e. The van der Waals surface area contributed by atoms with E-state index in [1.807, 2.05) is 191 Å². The van der Waals surface area contributed by atoms with Gasteiger partial charge in [0.2, 0.25) is 35.7 Å². The van der Waals surface area contributed by atoms with Crippen LogP contribution in [0.3, 0.4) is 0 Å². The highest BCUT2D eigenvalue weighted by molar-refractivity contribution is 5.92. The summed E-state index contributed by atoms with van der Waals surface area (Å²) < 4.78 is 0. The van der Waals surface area contributed by atoms with Crippen molar-refractivity contribution in [2.45, 2.75) is 249 Å². The molecule has 738 valence electrons. The lowest BCUT2D eigenvalue weighted by molar-refractivity contribution is 1.05. The molecule has 17 rings (SSSR count). The first kappa shape index (κ1) is 107. The molecule has 0 atom stereocenters. The summed E-state index contributed by atoms with van der Waals surface area (Å²) in [6, 6.07) is 35.1. The molecular formula is C114H142N28. The Morgan fingerprint density at radius 3 is 0.690 bits per heavy atom. The normalized spacial score (nSPS) is 10.7. The van der Waals surface area contributed by atoms with Crippen LogP contribution in [-0.4, -0.2) is 89.7 Å². The number of hydrogen-bond donors (Lipinski definition) is 12. The van der Waals surface area contributed by atoms with E-state index >= 15 is 0 Å². The van der Waals surface area contributed by atoms with Crippen LogP contribution in [-0.2, 0) is 0 Å². The molecule has 0 aliphatic carbocycles. The van der Waals surface area contributed by atoms with E-state index in [9.17, 15) is 0 Å². The minimum atomic E-state index is 0.497. The predicted molar refractivity (Wildman–Crippen MR) is 592 cm³/mol. The number of pyridine rings is 5. The first-order valence-corrected chi connectivity index (χ1v) is 48.4. The van der Waals surface area contributed by atoms with Gasteiger partial charge in [-0.1, -0.05) is 58.0 Å². The van der Waals surface area contributed by atoms with Crippen LogP contribution in [0.4, 0.5) is 116 Å². The third-order valence-corrected chi connectivity index (χ3v) is 26.3. The maximum atomic E-state index is 4.78. The Bertz CT molecular complexity index is 7450. The first-order chi connectivity index (χ1) is 67.5. The van der Waals surface area contributed by atoms with Gasteiger partial charge in [0.15, 0.2) is 0 Å². The van der Waals surface area contributed by atoms with E-state index in [1.54, 1.807) is 0 Å². The summed E-state index contributed by atoms with van der Waals surface area (Å²) >= 11 is 0. The van der Waals surface area contributed by atoms with Gasteiger partial charge >= 0.3 is 0 Å². The Morgan fingerprint density at radius 2 is 0.401 bits per heavy atom. The monoisotopic (exact) mass is 1900 g/mol. The second-order valence-corrected chi connectivity index (χ2v) is 36.1. The van der Waals surface area contributed by atoms with Crippen molar-refractivity contribution in [3.05, 3.63) is 314 Å². The van der Waals surface area contributed by atoms with Crippen molar-refractivity contribution >= 4 is 138 Å². The zero-order valence-corrected chi connectivity index (χ0v) is 89.9. The van der Waals surface area contributed by atoms with Gasteiger partial charge in [-0.3, -0.25) is 24.9 Å². The number of nitrogens with one attached hydrogen (secondary N) is 12. The maximum Gasteiger partial charge on any atom is 0.232 e. The number of H-pyrrole nitrogens is 2. The van der Waals surface area contributed by atoms with Gasteiger partial charge in [0.1, 0.15) is 40.9 Å². The molecule has 0 aliphatic heterocycles. The quantitative estimate of drug-likeness (QED) is 0.0337. The number of fused-ring (bicyclic) bond motifs is 2. The molecule has 0 spiro atoms. The topological polar surface area (TPSA) is 358 Å². The number of anilines is 20. The third kappa shape index (κ3) is 26.0. The summed E-state index contributed by atoms with van der Waals surface area (Å²) in [5, 5.41) is 35.8. The molecule has 5 aromatic carbocycles. The predicted octanol–water partition coefficient (Wildman–Crippen LogP) is 29.1. The van der Waals surface area contributed by atoms with Crippen LogP contribution in [0.1, 0.15) is 207 Å². The zero-order valence-electron chi connectivity index (χ0n) is 89.9. The third-order valence-electron chi connectivity index (χ3n) is 26.3. The van der Waals surface area contributed by atoms with Crippen molar-refractivity contribution in [1.29, 1.82) is 0 Å². The molecule has 0 aliphatic rings. The van der Waals surface area contributed by atoms with Crippen molar-refractivity contribution in [2.24, 2.45) is 0 Å². The lowest BCUT2D eigenvalue weighted by Gasteiger charge is -2.16. The maximum absolute atomic E-state index is 4.78. The second kappa shape index (κ2) is 47.3. The number of benzene rings is 5. The fourth-order valence-corrected chi connectivity index (χ4v) is 15.7. The van der Waals surface area contributed by atoms with Gasteiger partial charge in [0.05, 0.1) is 10.8 Å². The number of hydrogen-bond acceptors (Lipinski definition) is 26. The molecule has 0 amide bonds. The van der Waals surface area contributed by atoms with Crippen molar-refractivity contribution < 1.29 is 0 Å². The fourth-order valence-electron chi connectivity index (χ4n) is 15.7. The lowest BCUT2D eigenvalue weighted by Crippen LogP contribution is -2.06. The Kier molecular flexibility index (Phi) is 35.5. The summed E-state index contributed by atoms with van der Waals surface area (Å²) in [5.41, 5.74) is 47.9. The number of aromatic amines is 2. The average Bonchev–Trinajstić information content (AvgIpc) is 1.60. The molecule has 0 fully saturated rings. The van der Waals surface area contributed by atoms with Gasteiger partial charge in [-0.25, -0.2) is 19.9 Å². The van der Waals surface area contributed by atoms with Gasteiger partial charge in [-0.05, 0) is 406 Å². The Balaban J connectivity index is 0.000000168. The van der Waals surface area contributed by atoms with Gasteiger partial charge in [0.25, 0.3) is 0 Å². The number of aryl methyl sites for hydroxylation is 17. The molecule has 12 N–H and O–H groups in total. The summed E-state index contributed by atoms with van der Waals surface area (Å²) in [6.45, 7) is 74.2. The molecular weight excluding hydrogens is 1760 g/mol. The highest BCUT2D eigenvalue weighted by Crippen LogP contribution is 2.37. The zero-order chi connectivity index (χ0) is 104. The van der Waals surface area contributed by atoms with Gasteiger partial charge < -0.3 is 63.1 Å². The fraction of sp³-hybridized carbons (Fsp3) is 0.316. The molecule has 0 saturated heterocycles. The Morgan fingerprint density at radius 1 is 0.183 bits per heavy atom. The molecule has 12 heterocycles. The van der Waals surface area contributed by atoms with Crippen LogP contribution in [0.15, 0.2) is 134 Å². The van der Waals surface area contributed by atoms with E-state index in [4.69, 9.17) is 19.9 Å². The van der Waals surface area contributed by atoms with Crippen molar-refractivity contribution in [3.63, 3.8) is 0 Å². The minimum Gasteiger partial charge on any atom is -0.346 e. The standard InChI is InChI=1S/2C23H26N6.2C22H27N5.C20H24N6.2C2H6/c1-12-7-8-19(15(4)14(12)3)27-23-28-21-18(9-10-24-21)22(29-23)26-20-11-13(2)25-17(6)16(20)5;1-12-7-8-19(15(4)14(12)3)26-22-18-9-10-24-21(18)28-23(29-22)27-20-11-13(2)25-17(6)16(20)5;1-12-8-9-19(16(5)15(12)4)26-22-23-11-13(2)21(27-22)25-20-10-14(3)24-18(7)17(20)6;1-12-8-9-19(16(5)15(12)4)25-21-13(2)11-23-22(27-21)26-20-10-14(3)24-18(7)17(20)6;1-11-7-8-17(14(4)13(11)3)24-19-21-10-22-20(26-19)25-18-9-12(2)23-16(6)15(18)5;2*1-2/h2*7-11H,1-6H3,(H3,24,25,26,27,28,29);2*8-11H,1-7H3,(H2,23,24,25,26,27);7-10H,1-6H3,(H2,21,22,23,24,25,26);2*1-2H3. The molecule has 142 heavy (non-hydrogen) atoms. The molecule has 0 unspecified atom stereocenters. The van der Waals surface area contributed by atoms with Crippen molar-refractivity contribution in [3.8, 4) is 0 Å². The average molecular weight is 1900 g/mol. The molecule has 0 bridgehead atoms. The number of nitrogens with zero attached hydrogens (tertiary/aromatic N) is 16. The number of aromatic nitrogens is 18.